The first-order valence-corrected chi connectivity index (χ1v) is 14.7. The van der Waals surface area contributed by atoms with Gasteiger partial charge in [0.05, 0.1) is 18.4 Å². The monoisotopic (exact) mass is 454 g/mol. The third-order valence-corrected chi connectivity index (χ3v) is 14.6. The zero-order valence-corrected chi connectivity index (χ0v) is 22.5. The summed E-state index contributed by atoms with van der Waals surface area (Å²) in [4.78, 5) is 0. The van der Waals surface area contributed by atoms with Crippen LogP contribution < -0.4 is 0 Å². The Morgan fingerprint density at radius 2 is 1.31 bits per heavy atom. The molecular formula is C21H47O6PSi. The van der Waals surface area contributed by atoms with Crippen molar-refractivity contribution in [2.75, 3.05) is 34.1 Å². The van der Waals surface area contributed by atoms with Gasteiger partial charge < -0.3 is 23.3 Å². The molecule has 0 rings (SSSR count). The fourth-order valence-corrected chi connectivity index (χ4v) is 11.6. The summed E-state index contributed by atoms with van der Waals surface area (Å²) < 4.78 is 34.7. The molecule has 0 saturated heterocycles. The highest BCUT2D eigenvalue weighted by Crippen LogP contribution is 2.48. The van der Waals surface area contributed by atoms with Gasteiger partial charge in [-0.3, -0.25) is 4.57 Å². The Morgan fingerprint density at radius 3 is 1.66 bits per heavy atom. The number of hydrogen-bond acceptors (Lipinski definition) is 6. The lowest BCUT2D eigenvalue weighted by molar-refractivity contribution is -0.0328. The zero-order valence-electron chi connectivity index (χ0n) is 20.6. The molecule has 0 aromatic heterocycles. The van der Waals surface area contributed by atoms with E-state index in [4.69, 9.17) is 18.2 Å². The largest absolute Gasteiger partial charge is 0.416 e. The van der Waals surface area contributed by atoms with Crippen LogP contribution in [0, 0.1) is 11.8 Å². The van der Waals surface area contributed by atoms with Gasteiger partial charge in [-0.2, -0.15) is 0 Å². The first kappa shape index (κ1) is 29.2. The lowest BCUT2D eigenvalue weighted by atomic mass is 9.88. The molecule has 0 saturated carbocycles. The second-order valence-corrected chi connectivity index (χ2v) is 17.0. The molecule has 0 aromatic rings. The van der Waals surface area contributed by atoms with Gasteiger partial charge in [0.15, 0.2) is 8.32 Å². The highest BCUT2D eigenvalue weighted by molar-refractivity contribution is 7.53. The summed E-state index contributed by atoms with van der Waals surface area (Å²) in [7, 11) is -0.829. The van der Waals surface area contributed by atoms with Gasteiger partial charge in [-0.05, 0) is 29.0 Å². The summed E-state index contributed by atoms with van der Waals surface area (Å²) in [6.07, 6.45) is -0.217. The van der Waals surface area contributed by atoms with E-state index in [1.165, 1.54) is 14.2 Å². The van der Waals surface area contributed by atoms with E-state index in [1.54, 1.807) is 7.11 Å². The van der Waals surface area contributed by atoms with E-state index < -0.39 is 22.0 Å². The third-order valence-electron chi connectivity index (χ3n) is 6.56. The third kappa shape index (κ3) is 7.71. The van der Waals surface area contributed by atoms with Gasteiger partial charge in [-0.25, -0.2) is 0 Å². The molecular weight excluding hydrogens is 407 g/mol. The van der Waals surface area contributed by atoms with Crippen LogP contribution in [0.3, 0.4) is 0 Å². The van der Waals surface area contributed by atoms with Crippen LogP contribution in [0.4, 0.5) is 0 Å². The molecule has 0 radical (unpaired) electrons. The molecule has 0 spiro atoms. The number of methoxy groups -OCH3 is 1. The second kappa shape index (κ2) is 12.9. The maximum Gasteiger partial charge on any atom is 0.332 e. The van der Waals surface area contributed by atoms with E-state index in [0.717, 1.165) is 6.42 Å². The molecule has 176 valence electrons. The Kier molecular flexibility index (Phi) is 13.1. The van der Waals surface area contributed by atoms with Crippen molar-refractivity contribution in [3.05, 3.63) is 0 Å². The Labute approximate surface area is 180 Å². The topological polar surface area (TPSA) is 74.2 Å². The molecule has 0 aliphatic rings. The highest BCUT2D eigenvalue weighted by atomic mass is 31.2. The summed E-state index contributed by atoms with van der Waals surface area (Å²) in [5.74, 6) is -0.0248. The quantitative estimate of drug-likeness (QED) is 0.253. The number of ether oxygens (including phenoxy) is 1. The summed E-state index contributed by atoms with van der Waals surface area (Å²) in [6.45, 7) is 18.5. The summed E-state index contributed by atoms with van der Waals surface area (Å²) in [6, 6.07) is 0. The van der Waals surface area contributed by atoms with E-state index in [-0.39, 0.29) is 24.1 Å². The van der Waals surface area contributed by atoms with Crippen LogP contribution in [0.5, 0.6) is 0 Å². The summed E-state index contributed by atoms with van der Waals surface area (Å²) in [5.41, 5.74) is 1.65. The van der Waals surface area contributed by atoms with Crippen molar-refractivity contribution in [2.24, 2.45) is 11.8 Å². The zero-order chi connectivity index (χ0) is 23.0. The normalized spacial score (nSPS) is 17.8. The average molecular weight is 455 g/mol. The molecule has 0 aromatic carbocycles. The SMILES string of the molecule is CO[C@H]([C@H](C)CCO[Si](C(C)C)(C(C)C)C(C)C)[C@@H](C)C(O)CP(=O)(OC)OC. The van der Waals surface area contributed by atoms with Crippen molar-refractivity contribution >= 4 is 15.9 Å². The van der Waals surface area contributed by atoms with Gasteiger partial charge in [0.25, 0.3) is 0 Å². The number of aliphatic hydroxyl groups excluding tert-OH is 1. The number of hydrogen-bond donors (Lipinski definition) is 1. The molecule has 0 fully saturated rings. The maximum atomic E-state index is 12.4. The number of rotatable bonds is 15. The van der Waals surface area contributed by atoms with Gasteiger partial charge in [0, 0.05) is 33.9 Å². The van der Waals surface area contributed by atoms with Crippen molar-refractivity contribution in [3.8, 4) is 0 Å². The molecule has 4 atom stereocenters. The lowest BCUT2D eigenvalue weighted by Crippen LogP contribution is -2.48. The Bertz CT molecular complexity index is 470. The highest BCUT2D eigenvalue weighted by Gasteiger charge is 2.45. The van der Waals surface area contributed by atoms with Gasteiger partial charge in [0.2, 0.25) is 0 Å². The van der Waals surface area contributed by atoms with E-state index in [1.807, 2.05) is 6.92 Å². The minimum absolute atomic E-state index is 0.0473. The summed E-state index contributed by atoms with van der Waals surface area (Å²) >= 11 is 0. The second-order valence-electron chi connectivity index (χ2n) is 9.22. The first-order chi connectivity index (χ1) is 13.3. The molecule has 1 N–H and O–H groups in total. The van der Waals surface area contributed by atoms with Crippen molar-refractivity contribution in [3.63, 3.8) is 0 Å². The van der Waals surface area contributed by atoms with E-state index >= 15 is 0 Å². The van der Waals surface area contributed by atoms with Crippen molar-refractivity contribution in [2.45, 2.75) is 90.6 Å². The molecule has 6 nitrogen and oxygen atoms in total. The van der Waals surface area contributed by atoms with Crippen LogP contribution in [0.1, 0.15) is 61.8 Å². The van der Waals surface area contributed by atoms with Crippen molar-refractivity contribution < 1.29 is 27.9 Å². The van der Waals surface area contributed by atoms with Crippen molar-refractivity contribution in [1.29, 1.82) is 0 Å². The minimum atomic E-state index is -3.27. The van der Waals surface area contributed by atoms with Gasteiger partial charge in [-0.1, -0.05) is 55.4 Å². The van der Waals surface area contributed by atoms with E-state index in [2.05, 4.69) is 48.5 Å². The lowest BCUT2D eigenvalue weighted by Gasteiger charge is -2.42. The smallest absolute Gasteiger partial charge is 0.332 e. The fourth-order valence-electron chi connectivity index (χ4n) is 4.89. The predicted molar refractivity (Wildman–Crippen MR) is 123 cm³/mol. The molecule has 8 heteroatoms. The number of aliphatic hydroxyl groups is 1. The van der Waals surface area contributed by atoms with Crippen molar-refractivity contribution in [1.82, 2.24) is 0 Å². The minimum Gasteiger partial charge on any atom is -0.416 e. The van der Waals surface area contributed by atoms with Gasteiger partial charge in [0.1, 0.15) is 0 Å². The average Bonchev–Trinajstić information content (AvgIpc) is 2.64. The molecule has 0 aliphatic heterocycles. The van der Waals surface area contributed by atoms with Crippen LogP contribution in [-0.4, -0.2) is 59.7 Å². The van der Waals surface area contributed by atoms with Crippen LogP contribution in [-0.2, 0) is 22.8 Å². The molecule has 0 amide bonds. The Hall–Kier alpha value is 0.247. The molecule has 0 bridgehead atoms. The fraction of sp³-hybridized carbons (Fsp3) is 1.00. The standard InChI is InChI=1S/C21H47O6PSi/c1-15(2)29(16(3)4,17(5)6)27-13-12-18(7)21(24-9)19(8)20(22)14-28(23,25-10)26-11/h15-22H,12-14H2,1-11H3/t18-,19+,20?,21-/m1/s1. The maximum absolute atomic E-state index is 12.4. The van der Waals surface area contributed by atoms with E-state index in [0.29, 0.717) is 23.2 Å². The van der Waals surface area contributed by atoms with Gasteiger partial charge in [-0.15, -0.1) is 0 Å². The van der Waals surface area contributed by atoms with Crippen LogP contribution >= 0.6 is 7.60 Å². The Balaban J connectivity index is 5.07. The molecule has 0 aliphatic carbocycles. The molecule has 0 heterocycles. The Morgan fingerprint density at radius 1 is 0.862 bits per heavy atom. The van der Waals surface area contributed by atoms with Crippen LogP contribution in [0.25, 0.3) is 0 Å². The first-order valence-electron chi connectivity index (χ1n) is 10.9. The predicted octanol–water partition coefficient (Wildman–Crippen LogP) is 5.70. The summed E-state index contributed by atoms with van der Waals surface area (Å²) in [5, 5.41) is 10.6. The molecule has 1 unspecified atom stereocenters. The van der Waals surface area contributed by atoms with Gasteiger partial charge >= 0.3 is 7.60 Å². The van der Waals surface area contributed by atoms with E-state index in [9.17, 15) is 9.67 Å². The molecule has 29 heavy (non-hydrogen) atoms. The van der Waals surface area contributed by atoms with Crippen LogP contribution in [0.15, 0.2) is 0 Å². The van der Waals surface area contributed by atoms with Crippen LogP contribution in [0.2, 0.25) is 16.6 Å².